The molecule has 340 valence electrons. The largest absolute Gasteiger partial charge is 0.497 e. The highest BCUT2D eigenvalue weighted by Gasteiger charge is 2.63. The first-order chi connectivity index (χ1) is 29.0. The Kier molecular flexibility index (Phi) is 13.1. The molecule has 62 heavy (non-hydrogen) atoms. The molecule has 6 rings (SSSR count). The van der Waals surface area contributed by atoms with Crippen molar-refractivity contribution < 1.29 is 64.5 Å². The molecule has 2 saturated carbocycles. The summed E-state index contributed by atoms with van der Waals surface area (Å²) in [5.74, 6) is -5.61. The van der Waals surface area contributed by atoms with Crippen LogP contribution in [-0.4, -0.2) is 97.3 Å². The normalized spacial score (nSPS) is 28.4. The van der Waals surface area contributed by atoms with Crippen LogP contribution in [0.4, 0.5) is 13.2 Å². The van der Waals surface area contributed by atoms with E-state index in [1.165, 1.54) is 25.3 Å². The summed E-state index contributed by atoms with van der Waals surface area (Å²) in [4.78, 5) is 75.7. The number of ketones is 1. The molecule has 3 fully saturated rings. The summed E-state index contributed by atoms with van der Waals surface area (Å²) in [6, 6.07) is 3.62. The van der Waals surface area contributed by atoms with Crippen molar-refractivity contribution in [2.24, 2.45) is 29.1 Å². The summed E-state index contributed by atoms with van der Waals surface area (Å²) in [6.45, 7) is 6.59. The smallest absolute Gasteiger partial charge is 0.427 e. The predicted molar refractivity (Wildman–Crippen MR) is 219 cm³/mol. The van der Waals surface area contributed by atoms with Crippen LogP contribution in [-0.2, 0) is 38.7 Å². The fraction of sp³-hybridized carbons (Fsp3) is 0.636. The summed E-state index contributed by atoms with van der Waals surface area (Å²) >= 11 is 0. The molecular formula is C44H56F3N3O11S. The molecule has 14 nitrogen and oxygen atoms in total. The SMILES string of the molecule is CC[C@@H]1C[C@H](C)CC/C=C\[C@@H]2C[C@@]2(C(=O)NS(=O)(=O)C2(C)CC2)CC(=O)[C@@H]2C[C@@H](Oc3ncc(C(=O)OC)c4cc(OC)ccc34)CN2C(=O)[C@H]1CC(=O)OC(C)(C)C(F)(F)F. The molecule has 3 heterocycles. The maximum atomic E-state index is 15.1. The van der Waals surface area contributed by atoms with E-state index in [9.17, 15) is 40.8 Å². The molecule has 0 unspecified atom stereocenters. The quantitative estimate of drug-likeness (QED) is 0.188. The number of hydrogen-bond donors (Lipinski definition) is 1. The van der Waals surface area contributed by atoms with Gasteiger partial charge in [-0.2, -0.15) is 13.2 Å². The maximum absolute atomic E-state index is 15.1. The van der Waals surface area contributed by atoms with E-state index in [2.05, 4.69) is 9.71 Å². The molecule has 4 aliphatic rings. The number of rotatable bonds is 11. The van der Waals surface area contributed by atoms with Gasteiger partial charge in [0, 0.05) is 29.8 Å². The molecule has 2 aliphatic heterocycles. The number of amides is 2. The number of esters is 2. The van der Waals surface area contributed by atoms with E-state index in [4.69, 9.17) is 18.9 Å². The van der Waals surface area contributed by atoms with Crippen LogP contribution in [0.5, 0.6) is 11.6 Å². The number of methoxy groups -OCH3 is 2. The van der Waals surface area contributed by atoms with Gasteiger partial charge < -0.3 is 23.8 Å². The van der Waals surface area contributed by atoms with Gasteiger partial charge in [-0.3, -0.25) is 23.9 Å². The van der Waals surface area contributed by atoms with Crippen molar-refractivity contribution in [1.82, 2.24) is 14.6 Å². The molecular weight excluding hydrogens is 836 g/mol. The number of pyridine rings is 1. The van der Waals surface area contributed by atoms with Crippen LogP contribution in [0.25, 0.3) is 10.8 Å². The first kappa shape index (κ1) is 46.8. The third-order valence-electron chi connectivity index (χ3n) is 13.3. The molecule has 2 aliphatic carbocycles. The van der Waals surface area contributed by atoms with Crippen LogP contribution in [0.1, 0.15) is 109 Å². The molecule has 1 N–H and O–H groups in total. The number of halogens is 3. The third-order valence-corrected chi connectivity index (χ3v) is 15.5. The van der Waals surface area contributed by atoms with Gasteiger partial charge in [-0.15, -0.1) is 0 Å². The molecule has 1 saturated heterocycles. The fourth-order valence-corrected chi connectivity index (χ4v) is 10.1. The molecule has 2 amide bonds. The van der Waals surface area contributed by atoms with E-state index >= 15 is 4.79 Å². The minimum atomic E-state index is -4.89. The van der Waals surface area contributed by atoms with Gasteiger partial charge in [0.05, 0.1) is 54.9 Å². The number of ether oxygens (including phenoxy) is 4. The second-order valence-electron chi connectivity index (χ2n) is 18.2. The van der Waals surface area contributed by atoms with Gasteiger partial charge in [-0.1, -0.05) is 32.4 Å². The zero-order chi connectivity index (χ0) is 45.6. The maximum Gasteiger partial charge on any atom is 0.427 e. The van der Waals surface area contributed by atoms with Gasteiger partial charge in [0.15, 0.2) is 5.78 Å². The van der Waals surface area contributed by atoms with Crippen molar-refractivity contribution in [2.45, 2.75) is 127 Å². The third kappa shape index (κ3) is 9.44. The molecule has 0 radical (unpaired) electrons. The molecule has 1 aromatic heterocycles. The topological polar surface area (TPSA) is 185 Å². The Morgan fingerprint density at radius 2 is 1.77 bits per heavy atom. The number of nitrogens with one attached hydrogen (secondary N) is 1. The van der Waals surface area contributed by atoms with Gasteiger partial charge in [0.2, 0.25) is 33.3 Å². The van der Waals surface area contributed by atoms with Crippen LogP contribution in [0.2, 0.25) is 0 Å². The number of Topliss-reactive ketones (excluding diaryl/α,β-unsaturated/α-hetero) is 1. The number of aromatic nitrogens is 1. The molecule has 0 bridgehead atoms. The zero-order valence-corrected chi connectivity index (χ0v) is 37.0. The van der Waals surface area contributed by atoms with E-state index in [0.29, 0.717) is 55.0 Å². The Balaban J connectivity index is 1.39. The Bertz CT molecular complexity index is 2240. The average Bonchev–Trinajstić information content (AvgIpc) is 4.09. The lowest BCUT2D eigenvalue weighted by Crippen LogP contribution is -2.49. The van der Waals surface area contributed by atoms with Gasteiger partial charge >= 0.3 is 18.1 Å². The first-order valence-corrected chi connectivity index (χ1v) is 22.5. The van der Waals surface area contributed by atoms with E-state index in [0.717, 1.165) is 13.8 Å². The van der Waals surface area contributed by atoms with Crippen LogP contribution in [0, 0.1) is 29.1 Å². The number of nitrogens with zero attached hydrogens (tertiary/aromatic N) is 2. The summed E-state index contributed by atoms with van der Waals surface area (Å²) in [7, 11) is -1.39. The molecule has 0 spiro atoms. The highest BCUT2D eigenvalue weighted by atomic mass is 32.2. The van der Waals surface area contributed by atoms with Crippen molar-refractivity contribution >= 4 is 50.3 Å². The Hall–Kier alpha value is -4.74. The number of fused-ring (bicyclic) bond motifs is 3. The van der Waals surface area contributed by atoms with Gasteiger partial charge in [0.1, 0.15) is 11.9 Å². The van der Waals surface area contributed by atoms with E-state index < -0.39 is 104 Å². The minimum Gasteiger partial charge on any atom is -0.497 e. The Morgan fingerprint density at radius 3 is 2.40 bits per heavy atom. The average molecular weight is 892 g/mol. The molecule has 7 atom stereocenters. The zero-order valence-electron chi connectivity index (χ0n) is 36.1. The van der Waals surface area contributed by atoms with E-state index in [-0.39, 0.29) is 36.7 Å². The number of hydrogen-bond acceptors (Lipinski definition) is 12. The summed E-state index contributed by atoms with van der Waals surface area (Å²) in [6.07, 6.45) is 0.958. The monoisotopic (exact) mass is 891 g/mol. The van der Waals surface area contributed by atoms with Crippen LogP contribution in [0.3, 0.4) is 0 Å². The van der Waals surface area contributed by atoms with Crippen molar-refractivity contribution in [2.75, 3.05) is 20.8 Å². The van der Waals surface area contributed by atoms with E-state index in [1.807, 2.05) is 26.0 Å². The standard InChI is InChI=1S/C44H56F3N3O11S/c1-8-26-17-25(2)11-9-10-12-27-21-43(27,40(55)49-62(56,57)42(5)15-16-42)22-35(51)34-19-29(24-50(34)38(53)31(26)20-36(52)61-41(3,4)44(45,46)47)60-37-30-14-13-28(58-6)18-32(30)33(23-48-37)39(54)59-7/h10,12-14,18,23,25-27,29,31,34H,8-9,11,15-17,19-22,24H2,1-7H3,(H,49,55)/b12-10-/t25-,26-,27-,29-,31+,34+,43-/m1/s1. The summed E-state index contributed by atoms with van der Waals surface area (Å²) < 4.78 is 91.1. The van der Waals surface area contributed by atoms with Crippen molar-refractivity contribution in [3.8, 4) is 11.6 Å². The number of carbonyl (C=O) groups excluding carboxylic acids is 5. The lowest BCUT2D eigenvalue weighted by atomic mass is 9.79. The van der Waals surface area contributed by atoms with Crippen LogP contribution in [0.15, 0.2) is 36.5 Å². The fourth-order valence-electron chi connectivity index (χ4n) is 8.75. The lowest BCUT2D eigenvalue weighted by molar-refractivity contribution is -0.257. The van der Waals surface area contributed by atoms with Crippen molar-refractivity contribution in [3.05, 3.63) is 42.1 Å². The van der Waals surface area contributed by atoms with Crippen molar-refractivity contribution in [3.63, 3.8) is 0 Å². The number of benzene rings is 1. The number of carbonyl (C=O) groups is 5. The molecule has 2 aromatic rings. The second kappa shape index (κ2) is 17.4. The Labute approximate surface area is 359 Å². The van der Waals surface area contributed by atoms with Gasteiger partial charge in [-0.25, -0.2) is 18.2 Å². The number of allylic oxidation sites excluding steroid dienone is 2. The van der Waals surface area contributed by atoms with E-state index in [1.54, 1.807) is 25.1 Å². The predicted octanol–water partition coefficient (Wildman–Crippen LogP) is 6.64. The first-order valence-electron chi connectivity index (χ1n) is 21.1. The van der Waals surface area contributed by atoms with Crippen molar-refractivity contribution in [1.29, 1.82) is 0 Å². The highest BCUT2D eigenvalue weighted by molar-refractivity contribution is 7.91. The Morgan fingerprint density at radius 1 is 1.06 bits per heavy atom. The minimum absolute atomic E-state index is 0.0117. The van der Waals surface area contributed by atoms with Crippen LogP contribution >= 0.6 is 0 Å². The molecule has 1 aromatic carbocycles. The summed E-state index contributed by atoms with van der Waals surface area (Å²) in [5.41, 5.74) is -4.15. The highest BCUT2D eigenvalue weighted by Crippen LogP contribution is 2.58. The van der Waals surface area contributed by atoms with Crippen LogP contribution < -0.4 is 14.2 Å². The summed E-state index contributed by atoms with van der Waals surface area (Å²) in [5, 5.41) is 0.773. The number of alkyl halides is 3. The van der Waals surface area contributed by atoms with Gasteiger partial charge in [0.25, 0.3) is 0 Å². The number of sulfonamides is 1. The van der Waals surface area contributed by atoms with Gasteiger partial charge in [-0.05, 0) is 95.2 Å². The molecule has 18 heteroatoms. The second-order valence-corrected chi connectivity index (χ2v) is 20.4. The lowest BCUT2D eigenvalue weighted by Gasteiger charge is -2.34.